The zero-order chi connectivity index (χ0) is 16.4. The van der Waals surface area contributed by atoms with Gasteiger partial charge in [-0.15, -0.1) is 10.2 Å². The Balaban J connectivity index is 1.37. The topological polar surface area (TPSA) is 95.6 Å². The lowest BCUT2D eigenvalue weighted by Gasteiger charge is -2.48. The summed E-state index contributed by atoms with van der Waals surface area (Å²) in [5, 5.41) is 20.6. The van der Waals surface area contributed by atoms with E-state index in [9.17, 15) is 4.79 Å². The summed E-state index contributed by atoms with van der Waals surface area (Å²) < 4.78 is 0. The first-order valence-corrected chi connectivity index (χ1v) is 8.61. The van der Waals surface area contributed by atoms with E-state index in [0.29, 0.717) is 23.7 Å². The van der Waals surface area contributed by atoms with Gasteiger partial charge in [-0.25, -0.2) is 0 Å². The maximum absolute atomic E-state index is 12.4. The molecule has 126 valence electrons. The fourth-order valence-corrected chi connectivity index (χ4v) is 3.92. The standard InChI is InChI=1S/C17H22N6O/c24-15(9-12-5-8-18-17(11-12)6-2-7-17)19-14-4-1-3-13(10-14)16-20-22-23-21-16/h1,3-4,10,12,18H,2,5-9,11H2,(H,19,24)(H,20,21,22,23). The van der Waals surface area contributed by atoms with Crippen LogP contribution in [0.3, 0.4) is 0 Å². The largest absolute Gasteiger partial charge is 0.326 e. The number of amides is 1. The zero-order valence-electron chi connectivity index (χ0n) is 13.6. The van der Waals surface area contributed by atoms with E-state index in [-0.39, 0.29) is 5.91 Å². The third-order valence-corrected chi connectivity index (χ3v) is 5.27. The van der Waals surface area contributed by atoms with Crippen molar-refractivity contribution in [1.82, 2.24) is 25.9 Å². The maximum atomic E-state index is 12.4. The van der Waals surface area contributed by atoms with E-state index in [2.05, 4.69) is 31.3 Å². The number of benzene rings is 1. The van der Waals surface area contributed by atoms with Gasteiger partial charge in [-0.2, -0.15) is 5.21 Å². The highest BCUT2D eigenvalue weighted by atomic mass is 16.1. The van der Waals surface area contributed by atoms with Crippen molar-refractivity contribution in [3.8, 4) is 11.4 Å². The van der Waals surface area contributed by atoms with Crippen LogP contribution in [0.15, 0.2) is 24.3 Å². The molecular weight excluding hydrogens is 304 g/mol. The van der Waals surface area contributed by atoms with Crippen molar-refractivity contribution in [2.24, 2.45) is 5.92 Å². The molecule has 1 aromatic carbocycles. The molecule has 4 rings (SSSR count). The molecule has 1 amide bonds. The number of anilines is 1. The summed E-state index contributed by atoms with van der Waals surface area (Å²) in [6.45, 7) is 1.03. The lowest BCUT2D eigenvalue weighted by molar-refractivity contribution is -0.117. The van der Waals surface area contributed by atoms with Crippen LogP contribution in [0.5, 0.6) is 0 Å². The molecule has 1 atom stereocenters. The average molecular weight is 326 g/mol. The maximum Gasteiger partial charge on any atom is 0.224 e. The van der Waals surface area contributed by atoms with Crippen molar-refractivity contribution in [2.45, 2.75) is 44.1 Å². The number of hydrogen-bond acceptors (Lipinski definition) is 5. The third-order valence-electron chi connectivity index (χ3n) is 5.27. The van der Waals surface area contributed by atoms with Gasteiger partial charge in [0.2, 0.25) is 11.7 Å². The first-order valence-electron chi connectivity index (χ1n) is 8.61. The van der Waals surface area contributed by atoms with E-state index in [0.717, 1.165) is 30.6 Å². The second-order valence-electron chi connectivity index (χ2n) is 6.99. The minimum absolute atomic E-state index is 0.0848. The van der Waals surface area contributed by atoms with Gasteiger partial charge in [0.25, 0.3) is 0 Å². The smallest absolute Gasteiger partial charge is 0.224 e. The summed E-state index contributed by atoms with van der Waals surface area (Å²) in [6.07, 6.45) is 6.64. The van der Waals surface area contributed by atoms with E-state index in [1.807, 2.05) is 24.3 Å². The Labute approximate surface area is 140 Å². The van der Waals surface area contributed by atoms with Gasteiger partial charge >= 0.3 is 0 Å². The Kier molecular flexibility index (Phi) is 4.02. The molecule has 2 aromatic rings. The number of nitrogens with one attached hydrogen (secondary N) is 3. The summed E-state index contributed by atoms with van der Waals surface area (Å²) in [4.78, 5) is 12.4. The van der Waals surface area contributed by atoms with Crippen molar-refractivity contribution in [3.05, 3.63) is 24.3 Å². The molecule has 1 saturated heterocycles. The van der Waals surface area contributed by atoms with Gasteiger partial charge in [0.05, 0.1) is 0 Å². The van der Waals surface area contributed by atoms with Crippen LogP contribution in [-0.4, -0.2) is 38.6 Å². The lowest BCUT2D eigenvalue weighted by Crippen LogP contribution is -2.55. The number of piperidine rings is 1. The number of carbonyl (C=O) groups excluding carboxylic acids is 1. The molecule has 7 nitrogen and oxygen atoms in total. The van der Waals surface area contributed by atoms with Crippen molar-refractivity contribution in [2.75, 3.05) is 11.9 Å². The van der Waals surface area contributed by atoms with Crippen LogP contribution in [-0.2, 0) is 4.79 Å². The van der Waals surface area contributed by atoms with Crippen LogP contribution in [0.4, 0.5) is 5.69 Å². The minimum atomic E-state index is 0.0848. The van der Waals surface area contributed by atoms with Gasteiger partial charge in [-0.05, 0) is 61.9 Å². The number of hydrogen-bond donors (Lipinski definition) is 3. The quantitative estimate of drug-likeness (QED) is 0.800. The Bertz CT molecular complexity index is 710. The first-order chi connectivity index (χ1) is 11.7. The van der Waals surface area contributed by atoms with Crippen LogP contribution in [0.25, 0.3) is 11.4 Å². The predicted octanol–water partition coefficient (Wildman–Crippen LogP) is 2.12. The van der Waals surface area contributed by atoms with Crippen LogP contribution < -0.4 is 10.6 Å². The second kappa shape index (κ2) is 6.32. The van der Waals surface area contributed by atoms with Crippen molar-refractivity contribution < 1.29 is 4.79 Å². The fraction of sp³-hybridized carbons (Fsp3) is 0.529. The summed E-state index contributed by atoms with van der Waals surface area (Å²) in [6, 6.07) is 7.54. The Morgan fingerprint density at radius 2 is 2.29 bits per heavy atom. The highest BCUT2D eigenvalue weighted by molar-refractivity contribution is 5.91. The number of aromatic nitrogens is 4. The SMILES string of the molecule is O=C(CC1CCNC2(CCC2)C1)Nc1cccc(-c2nn[nH]n2)c1. The average Bonchev–Trinajstić information content (AvgIpc) is 3.08. The molecule has 1 unspecified atom stereocenters. The normalized spacial score (nSPS) is 22.1. The van der Waals surface area contributed by atoms with E-state index < -0.39 is 0 Å². The van der Waals surface area contributed by atoms with Crippen molar-refractivity contribution in [3.63, 3.8) is 0 Å². The summed E-state index contributed by atoms with van der Waals surface area (Å²) in [5.74, 6) is 1.09. The molecule has 1 aliphatic heterocycles. The molecule has 24 heavy (non-hydrogen) atoms. The van der Waals surface area contributed by atoms with Crippen LogP contribution in [0, 0.1) is 5.92 Å². The summed E-state index contributed by atoms with van der Waals surface area (Å²) in [7, 11) is 0. The molecule has 7 heteroatoms. The first kappa shape index (κ1) is 15.3. The minimum Gasteiger partial charge on any atom is -0.326 e. The molecule has 2 heterocycles. The van der Waals surface area contributed by atoms with E-state index in [1.165, 1.54) is 19.3 Å². The number of H-pyrrole nitrogens is 1. The molecule has 1 saturated carbocycles. The number of nitrogens with zero attached hydrogens (tertiary/aromatic N) is 3. The highest BCUT2D eigenvalue weighted by Gasteiger charge is 2.41. The molecule has 0 radical (unpaired) electrons. The van der Waals surface area contributed by atoms with Gasteiger partial charge in [0.1, 0.15) is 0 Å². The molecule has 2 aliphatic rings. The molecule has 3 N–H and O–H groups in total. The Morgan fingerprint density at radius 3 is 3.04 bits per heavy atom. The predicted molar refractivity (Wildman–Crippen MR) is 90.2 cm³/mol. The highest BCUT2D eigenvalue weighted by Crippen LogP contribution is 2.41. The summed E-state index contributed by atoms with van der Waals surface area (Å²) in [5.41, 5.74) is 1.94. The van der Waals surface area contributed by atoms with E-state index >= 15 is 0 Å². The summed E-state index contributed by atoms with van der Waals surface area (Å²) >= 11 is 0. The molecule has 0 bridgehead atoms. The van der Waals surface area contributed by atoms with Crippen LogP contribution in [0.2, 0.25) is 0 Å². The second-order valence-corrected chi connectivity index (χ2v) is 6.99. The van der Waals surface area contributed by atoms with Crippen LogP contribution >= 0.6 is 0 Å². The van der Waals surface area contributed by atoms with Gasteiger partial charge < -0.3 is 10.6 Å². The van der Waals surface area contributed by atoms with Crippen molar-refractivity contribution >= 4 is 11.6 Å². The molecular formula is C17H22N6O. The third kappa shape index (κ3) is 3.17. The van der Waals surface area contributed by atoms with E-state index in [4.69, 9.17) is 0 Å². The van der Waals surface area contributed by atoms with Gasteiger partial charge in [0.15, 0.2) is 0 Å². The van der Waals surface area contributed by atoms with Gasteiger partial charge in [0, 0.05) is 23.2 Å². The number of tetrazole rings is 1. The Hall–Kier alpha value is -2.28. The molecule has 1 spiro atoms. The molecule has 2 fully saturated rings. The monoisotopic (exact) mass is 326 g/mol. The number of aromatic amines is 1. The number of rotatable bonds is 4. The lowest BCUT2D eigenvalue weighted by atomic mass is 9.68. The van der Waals surface area contributed by atoms with Gasteiger partial charge in [-0.1, -0.05) is 12.1 Å². The fourth-order valence-electron chi connectivity index (χ4n) is 3.92. The molecule has 1 aliphatic carbocycles. The van der Waals surface area contributed by atoms with Gasteiger partial charge in [-0.3, -0.25) is 4.79 Å². The number of carbonyl (C=O) groups is 1. The zero-order valence-corrected chi connectivity index (χ0v) is 13.6. The Morgan fingerprint density at radius 1 is 1.38 bits per heavy atom. The molecule has 1 aromatic heterocycles. The van der Waals surface area contributed by atoms with Crippen LogP contribution in [0.1, 0.15) is 38.5 Å². The van der Waals surface area contributed by atoms with Crippen molar-refractivity contribution in [1.29, 1.82) is 0 Å². The van der Waals surface area contributed by atoms with E-state index in [1.54, 1.807) is 0 Å².